The predicted molar refractivity (Wildman–Crippen MR) is 140 cm³/mol. The summed E-state index contributed by atoms with van der Waals surface area (Å²) in [5.74, 6) is -0.224. The third-order valence-corrected chi connectivity index (χ3v) is 9.50. The molecule has 1 unspecified atom stereocenters. The molecule has 4 rings (SSSR count). The van der Waals surface area contributed by atoms with E-state index >= 15 is 0 Å². The Labute approximate surface area is 226 Å². The van der Waals surface area contributed by atoms with E-state index in [-0.39, 0.29) is 51.0 Å². The van der Waals surface area contributed by atoms with Crippen molar-refractivity contribution in [3.63, 3.8) is 0 Å². The molecule has 2 aliphatic rings. The van der Waals surface area contributed by atoms with E-state index in [1.165, 1.54) is 4.90 Å². The van der Waals surface area contributed by atoms with E-state index in [4.69, 9.17) is 0 Å². The van der Waals surface area contributed by atoms with Crippen LogP contribution >= 0.6 is 0 Å². The van der Waals surface area contributed by atoms with E-state index in [9.17, 15) is 31.2 Å². The number of nitrogens with zero attached hydrogens (tertiary/aromatic N) is 3. The van der Waals surface area contributed by atoms with Gasteiger partial charge in [-0.25, -0.2) is 8.42 Å². The molecule has 2 amide bonds. The molecule has 39 heavy (non-hydrogen) atoms. The number of halogens is 3. The first-order chi connectivity index (χ1) is 18.4. The Morgan fingerprint density at radius 1 is 1.08 bits per heavy atom. The summed E-state index contributed by atoms with van der Waals surface area (Å²) < 4.78 is 67.2. The average molecular weight is 567 g/mol. The smallest absolute Gasteiger partial charge is 0.354 e. The minimum atomic E-state index is -4.67. The molecule has 0 radical (unpaired) electrons. The van der Waals surface area contributed by atoms with Crippen molar-refractivity contribution < 1.29 is 31.2 Å². The lowest BCUT2D eigenvalue weighted by Crippen LogP contribution is -2.57. The molecule has 2 aromatic carbocycles. The second-order valence-corrected chi connectivity index (χ2v) is 12.1. The van der Waals surface area contributed by atoms with Crippen molar-refractivity contribution in [2.75, 3.05) is 37.7 Å². The molecular weight excluding hydrogens is 533 g/mol. The molecule has 8 nitrogen and oxygen atoms in total. The summed E-state index contributed by atoms with van der Waals surface area (Å²) >= 11 is 0. The lowest BCUT2D eigenvalue weighted by Gasteiger charge is -2.42. The first kappa shape index (κ1) is 28.9. The normalized spacial score (nSPS) is 18.9. The number of benzene rings is 2. The molecule has 1 spiro atoms. The second-order valence-electron chi connectivity index (χ2n) is 10.2. The van der Waals surface area contributed by atoms with Crippen molar-refractivity contribution in [3.05, 3.63) is 60.2 Å². The van der Waals surface area contributed by atoms with Crippen LogP contribution in [0.5, 0.6) is 0 Å². The highest BCUT2D eigenvalue weighted by Gasteiger charge is 2.55. The summed E-state index contributed by atoms with van der Waals surface area (Å²) in [6.07, 6.45) is -3.50. The molecule has 212 valence electrons. The fraction of sp³-hybridized carbons (Fsp3) is 0.481. The number of anilines is 1. The van der Waals surface area contributed by atoms with Gasteiger partial charge in [0.25, 0.3) is 0 Å². The number of carbonyl (C=O) groups is 2. The Kier molecular flexibility index (Phi) is 8.27. The first-order valence-electron chi connectivity index (χ1n) is 12.9. The van der Waals surface area contributed by atoms with Crippen LogP contribution in [0.15, 0.2) is 59.5 Å². The number of carbonyl (C=O) groups excluding carboxylic acids is 2. The molecule has 2 aromatic rings. The van der Waals surface area contributed by atoms with Crippen molar-refractivity contribution in [3.8, 4) is 0 Å². The van der Waals surface area contributed by atoms with E-state index in [2.05, 4.69) is 5.32 Å². The number of amides is 2. The highest BCUT2D eigenvalue weighted by atomic mass is 32.2. The highest BCUT2D eigenvalue weighted by molar-refractivity contribution is 7.89. The number of hydrogen-bond acceptors (Lipinski definition) is 5. The molecule has 2 aliphatic heterocycles. The van der Waals surface area contributed by atoms with Crippen LogP contribution in [0.2, 0.25) is 0 Å². The van der Waals surface area contributed by atoms with Crippen LogP contribution in [0.1, 0.15) is 38.7 Å². The van der Waals surface area contributed by atoms with Crippen LogP contribution in [0.25, 0.3) is 0 Å². The molecule has 2 heterocycles. The molecule has 12 heteroatoms. The van der Waals surface area contributed by atoms with Gasteiger partial charge in [-0.15, -0.1) is 0 Å². The standard InChI is InChI=1S/C27H33F3N4O4S/c1-3-20(2)17-31-24(35)18-32-19-34(22-9-5-4-6-10-22)26(25(32)36)12-14-33(15-13-26)39(37,38)23-11-7-8-21(16-23)27(28,29)30/h4-11,16,20H,3,12-15,17-19H2,1-2H3,(H,31,35). The van der Waals surface area contributed by atoms with Crippen molar-refractivity contribution in [2.45, 2.75) is 49.7 Å². The molecule has 0 bridgehead atoms. The predicted octanol–water partition coefficient (Wildman–Crippen LogP) is 3.70. The van der Waals surface area contributed by atoms with Gasteiger partial charge >= 0.3 is 6.18 Å². The number of rotatable bonds is 8. The number of sulfonamides is 1. The van der Waals surface area contributed by atoms with E-state index in [0.29, 0.717) is 18.5 Å². The van der Waals surface area contributed by atoms with Gasteiger partial charge in [-0.05, 0) is 49.1 Å². The Balaban J connectivity index is 1.55. The number of piperidine rings is 1. The summed E-state index contributed by atoms with van der Waals surface area (Å²) in [4.78, 5) is 29.4. The Morgan fingerprint density at radius 2 is 1.74 bits per heavy atom. The second kappa shape index (κ2) is 11.2. The summed E-state index contributed by atoms with van der Waals surface area (Å²) in [6.45, 7) is 4.50. The lowest BCUT2D eigenvalue weighted by molar-refractivity contribution is -0.137. The molecular formula is C27H33F3N4O4S. The van der Waals surface area contributed by atoms with Gasteiger partial charge < -0.3 is 15.1 Å². The van der Waals surface area contributed by atoms with Gasteiger partial charge in [0, 0.05) is 25.3 Å². The topological polar surface area (TPSA) is 90.0 Å². The Bertz CT molecular complexity index is 1300. The third kappa shape index (κ3) is 5.91. The first-order valence-corrected chi connectivity index (χ1v) is 14.4. The van der Waals surface area contributed by atoms with E-state index in [1.807, 2.05) is 49.1 Å². The minimum absolute atomic E-state index is 0.0539. The van der Waals surface area contributed by atoms with Gasteiger partial charge in [0.15, 0.2) is 0 Å². The van der Waals surface area contributed by atoms with Crippen LogP contribution in [0, 0.1) is 5.92 Å². The summed E-state index contributed by atoms with van der Waals surface area (Å²) in [5.41, 5.74) is -1.35. The zero-order valence-corrected chi connectivity index (χ0v) is 22.8. The minimum Gasteiger partial charge on any atom is -0.354 e. The van der Waals surface area contributed by atoms with E-state index in [1.54, 1.807) is 0 Å². The van der Waals surface area contributed by atoms with Gasteiger partial charge in [-0.1, -0.05) is 44.5 Å². The van der Waals surface area contributed by atoms with Gasteiger partial charge in [0.1, 0.15) is 12.1 Å². The molecule has 0 aliphatic carbocycles. The maximum Gasteiger partial charge on any atom is 0.416 e. The van der Waals surface area contributed by atoms with Crippen molar-refractivity contribution in [2.24, 2.45) is 5.92 Å². The number of para-hydroxylation sites is 1. The number of nitrogens with one attached hydrogen (secondary N) is 1. The fourth-order valence-corrected chi connectivity index (χ4v) is 6.55. The molecule has 1 N–H and O–H groups in total. The quantitative estimate of drug-likeness (QED) is 0.527. The largest absolute Gasteiger partial charge is 0.416 e. The van der Waals surface area contributed by atoms with Crippen LogP contribution in [-0.4, -0.2) is 67.8 Å². The van der Waals surface area contributed by atoms with Gasteiger partial charge in [0.05, 0.1) is 17.1 Å². The highest BCUT2D eigenvalue weighted by Crippen LogP contribution is 2.40. The molecule has 0 saturated carbocycles. The zero-order chi connectivity index (χ0) is 28.4. The lowest BCUT2D eigenvalue weighted by atomic mass is 9.86. The van der Waals surface area contributed by atoms with Crippen LogP contribution in [0.4, 0.5) is 18.9 Å². The SMILES string of the molecule is CCC(C)CNC(=O)CN1CN(c2ccccc2)C2(CCN(S(=O)(=O)c3cccc(C(F)(F)F)c3)CC2)C1=O. The maximum absolute atomic E-state index is 13.8. The summed E-state index contributed by atoms with van der Waals surface area (Å²) in [7, 11) is -4.22. The van der Waals surface area contributed by atoms with Gasteiger partial charge in [0.2, 0.25) is 21.8 Å². The summed E-state index contributed by atoms with van der Waals surface area (Å²) in [5, 5.41) is 2.87. The Hall–Kier alpha value is -3.12. The van der Waals surface area contributed by atoms with Crippen molar-refractivity contribution in [1.82, 2.24) is 14.5 Å². The van der Waals surface area contributed by atoms with Gasteiger partial charge in [-0.2, -0.15) is 17.5 Å². The zero-order valence-electron chi connectivity index (χ0n) is 21.9. The van der Waals surface area contributed by atoms with E-state index in [0.717, 1.165) is 34.6 Å². The molecule has 0 aromatic heterocycles. The maximum atomic E-state index is 13.8. The molecule has 1 atom stereocenters. The van der Waals surface area contributed by atoms with E-state index < -0.39 is 32.2 Å². The van der Waals surface area contributed by atoms with Crippen LogP contribution in [0.3, 0.4) is 0 Å². The van der Waals surface area contributed by atoms with Crippen molar-refractivity contribution >= 4 is 27.5 Å². The van der Waals surface area contributed by atoms with Crippen LogP contribution < -0.4 is 10.2 Å². The summed E-state index contributed by atoms with van der Waals surface area (Å²) in [6, 6.07) is 12.9. The van der Waals surface area contributed by atoms with Crippen molar-refractivity contribution in [1.29, 1.82) is 0 Å². The monoisotopic (exact) mass is 566 g/mol. The number of alkyl halides is 3. The van der Waals surface area contributed by atoms with Crippen LogP contribution in [-0.2, 0) is 25.8 Å². The average Bonchev–Trinajstić information content (AvgIpc) is 3.18. The fourth-order valence-electron chi connectivity index (χ4n) is 5.06. The van der Waals surface area contributed by atoms with Gasteiger partial charge in [-0.3, -0.25) is 9.59 Å². The third-order valence-electron chi connectivity index (χ3n) is 7.61. The molecule has 2 saturated heterocycles. The Morgan fingerprint density at radius 3 is 2.36 bits per heavy atom. The molecule has 2 fully saturated rings. The number of hydrogen-bond donors (Lipinski definition) is 1.